The summed E-state index contributed by atoms with van der Waals surface area (Å²) in [6, 6.07) is 7.95. The molecule has 0 atom stereocenters. The molecule has 0 unspecified atom stereocenters. The fourth-order valence-electron chi connectivity index (χ4n) is 2.00. The van der Waals surface area contributed by atoms with E-state index in [0.717, 1.165) is 35.8 Å². The summed E-state index contributed by atoms with van der Waals surface area (Å²) in [5.41, 5.74) is 2.81. The maximum Gasteiger partial charge on any atom is 0.137 e. The van der Waals surface area contributed by atoms with E-state index >= 15 is 0 Å². The first-order chi connectivity index (χ1) is 9.38. The molecule has 19 heavy (non-hydrogen) atoms. The molecular formula is C14H15N5. The maximum absolute atomic E-state index is 4.35. The minimum absolute atomic E-state index is 0.851. The predicted octanol–water partition coefficient (Wildman–Crippen LogP) is 2.61. The zero-order chi connectivity index (χ0) is 13.1. The first-order valence-electron chi connectivity index (χ1n) is 6.37. The lowest BCUT2D eigenvalue weighted by Gasteiger charge is -2.07. The number of nitrogens with one attached hydrogen (secondary N) is 1. The van der Waals surface area contributed by atoms with Gasteiger partial charge in [-0.3, -0.25) is 4.40 Å². The third-order valence-corrected chi connectivity index (χ3v) is 2.91. The van der Waals surface area contributed by atoms with E-state index in [0.29, 0.717) is 0 Å². The second-order valence-electron chi connectivity index (χ2n) is 4.28. The van der Waals surface area contributed by atoms with Crippen LogP contribution in [0.15, 0.2) is 43.0 Å². The molecule has 5 heteroatoms. The lowest BCUT2D eigenvalue weighted by Crippen LogP contribution is -2.03. The highest BCUT2D eigenvalue weighted by Gasteiger charge is 2.06. The minimum atomic E-state index is 0.851. The SMILES string of the molecule is CCCNc1cc(-c2cccc3nccn23)ncn1. The molecule has 0 amide bonds. The van der Waals surface area contributed by atoms with Crippen LogP contribution >= 0.6 is 0 Å². The molecule has 0 radical (unpaired) electrons. The van der Waals surface area contributed by atoms with Gasteiger partial charge in [0.25, 0.3) is 0 Å². The zero-order valence-electron chi connectivity index (χ0n) is 10.7. The Balaban J connectivity index is 2.03. The smallest absolute Gasteiger partial charge is 0.137 e. The molecule has 0 fully saturated rings. The molecule has 3 heterocycles. The van der Waals surface area contributed by atoms with Crippen molar-refractivity contribution in [2.75, 3.05) is 11.9 Å². The van der Waals surface area contributed by atoms with Crippen molar-refractivity contribution >= 4 is 11.5 Å². The lowest BCUT2D eigenvalue weighted by atomic mass is 10.2. The topological polar surface area (TPSA) is 55.1 Å². The average molecular weight is 253 g/mol. The predicted molar refractivity (Wildman–Crippen MR) is 75.0 cm³/mol. The first-order valence-corrected chi connectivity index (χ1v) is 6.37. The van der Waals surface area contributed by atoms with Gasteiger partial charge in [-0.15, -0.1) is 0 Å². The summed E-state index contributed by atoms with van der Waals surface area (Å²) in [6.07, 6.45) is 6.38. The van der Waals surface area contributed by atoms with Crippen LogP contribution in [-0.2, 0) is 0 Å². The van der Waals surface area contributed by atoms with Crippen LogP contribution in [0.4, 0.5) is 5.82 Å². The number of pyridine rings is 1. The Hall–Kier alpha value is -2.43. The summed E-state index contributed by atoms with van der Waals surface area (Å²) in [4.78, 5) is 12.9. The van der Waals surface area contributed by atoms with Gasteiger partial charge in [0.1, 0.15) is 17.8 Å². The molecule has 3 rings (SSSR count). The fourth-order valence-corrected chi connectivity index (χ4v) is 2.00. The molecule has 0 bridgehead atoms. The molecule has 3 aromatic rings. The number of aromatic nitrogens is 4. The highest BCUT2D eigenvalue weighted by Crippen LogP contribution is 2.19. The molecule has 0 saturated heterocycles. The summed E-state index contributed by atoms with van der Waals surface area (Å²) in [7, 11) is 0. The van der Waals surface area contributed by atoms with Gasteiger partial charge in [-0.1, -0.05) is 13.0 Å². The highest BCUT2D eigenvalue weighted by molar-refractivity contribution is 5.62. The molecule has 1 N–H and O–H groups in total. The normalized spacial score (nSPS) is 10.8. The van der Waals surface area contributed by atoms with E-state index < -0.39 is 0 Å². The number of anilines is 1. The number of hydrogen-bond acceptors (Lipinski definition) is 4. The van der Waals surface area contributed by atoms with Crippen LogP contribution in [0, 0.1) is 0 Å². The monoisotopic (exact) mass is 253 g/mol. The van der Waals surface area contributed by atoms with Gasteiger partial charge in [-0.2, -0.15) is 0 Å². The van der Waals surface area contributed by atoms with E-state index in [4.69, 9.17) is 0 Å². The van der Waals surface area contributed by atoms with Crippen LogP contribution in [-0.4, -0.2) is 25.9 Å². The number of nitrogens with zero attached hydrogens (tertiary/aromatic N) is 4. The molecule has 0 spiro atoms. The van der Waals surface area contributed by atoms with Gasteiger partial charge in [0.05, 0.1) is 11.4 Å². The summed E-state index contributed by atoms with van der Waals surface area (Å²) in [5.74, 6) is 0.851. The van der Waals surface area contributed by atoms with Crippen LogP contribution in [0.2, 0.25) is 0 Å². The van der Waals surface area contributed by atoms with Gasteiger partial charge in [0, 0.05) is 25.0 Å². The standard InChI is InChI=1S/C14H15N5/c1-2-6-15-13-9-11(17-10-18-13)12-4-3-5-14-16-7-8-19(12)14/h3-5,7-10H,2,6H2,1H3,(H,15,17,18). The Morgan fingerprint density at radius 1 is 1.21 bits per heavy atom. The van der Waals surface area contributed by atoms with Crippen molar-refractivity contribution in [1.82, 2.24) is 19.4 Å². The maximum atomic E-state index is 4.35. The highest BCUT2D eigenvalue weighted by atomic mass is 15.0. The van der Waals surface area contributed by atoms with E-state index in [1.165, 1.54) is 0 Å². The van der Waals surface area contributed by atoms with E-state index in [1.807, 2.05) is 34.9 Å². The Kier molecular flexibility index (Phi) is 3.10. The van der Waals surface area contributed by atoms with Gasteiger partial charge in [-0.05, 0) is 18.6 Å². The second-order valence-corrected chi connectivity index (χ2v) is 4.28. The summed E-state index contributed by atoms with van der Waals surface area (Å²) in [5, 5.41) is 3.27. The minimum Gasteiger partial charge on any atom is -0.370 e. The van der Waals surface area contributed by atoms with Crippen molar-refractivity contribution in [3.63, 3.8) is 0 Å². The van der Waals surface area contributed by atoms with Crippen LogP contribution in [0.25, 0.3) is 17.0 Å². The van der Waals surface area contributed by atoms with Crippen molar-refractivity contribution < 1.29 is 0 Å². The molecule has 0 aliphatic carbocycles. The van der Waals surface area contributed by atoms with Crippen LogP contribution in [0.5, 0.6) is 0 Å². The van der Waals surface area contributed by atoms with E-state index in [9.17, 15) is 0 Å². The molecule has 0 saturated carbocycles. The molecular weight excluding hydrogens is 238 g/mol. The Morgan fingerprint density at radius 2 is 2.16 bits per heavy atom. The lowest BCUT2D eigenvalue weighted by molar-refractivity contribution is 0.964. The summed E-state index contributed by atoms with van der Waals surface area (Å²) < 4.78 is 2.02. The zero-order valence-corrected chi connectivity index (χ0v) is 10.7. The van der Waals surface area contributed by atoms with Crippen molar-refractivity contribution in [2.45, 2.75) is 13.3 Å². The molecule has 0 aliphatic heterocycles. The Labute approximate surface area is 111 Å². The van der Waals surface area contributed by atoms with E-state index in [2.05, 4.69) is 27.2 Å². The van der Waals surface area contributed by atoms with E-state index in [-0.39, 0.29) is 0 Å². The number of rotatable bonds is 4. The molecule has 0 aromatic carbocycles. The molecule has 96 valence electrons. The van der Waals surface area contributed by atoms with Crippen LogP contribution in [0.3, 0.4) is 0 Å². The first kappa shape index (κ1) is 11.6. The van der Waals surface area contributed by atoms with Crippen molar-refractivity contribution in [3.05, 3.63) is 43.0 Å². The number of imidazole rings is 1. The third kappa shape index (κ3) is 2.27. The second kappa shape index (κ2) is 5.06. The Morgan fingerprint density at radius 3 is 3.05 bits per heavy atom. The van der Waals surface area contributed by atoms with Crippen LogP contribution in [0.1, 0.15) is 13.3 Å². The van der Waals surface area contributed by atoms with Gasteiger partial charge in [0.2, 0.25) is 0 Å². The quantitative estimate of drug-likeness (QED) is 0.776. The third-order valence-electron chi connectivity index (χ3n) is 2.91. The number of fused-ring (bicyclic) bond motifs is 1. The molecule has 3 aromatic heterocycles. The largest absolute Gasteiger partial charge is 0.370 e. The number of hydrogen-bond donors (Lipinski definition) is 1. The van der Waals surface area contributed by atoms with Crippen molar-refractivity contribution in [2.24, 2.45) is 0 Å². The Bertz CT molecular complexity index is 689. The van der Waals surface area contributed by atoms with Gasteiger partial charge < -0.3 is 5.32 Å². The van der Waals surface area contributed by atoms with Crippen LogP contribution < -0.4 is 5.32 Å². The van der Waals surface area contributed by atoms with Gasteiger partial charge >= 0.3 is 0 Å². The molecule has 0 aliphatic rings. The average Bonchev–Trinajstić information content (AvgIpc) is 2.93. The van der Waals surface area contributed by atoms with Gasteiger partial charge in [-0.25, -0.2) is 15.0 Å². The van der Waals surface area contributed by atoms with E-state index in [1.54, 1.807) is 12.5 Å². The van der Waals surface area contributed by atoms with Gasteiger partial charge in [0.15, 0.2) is 0 Å². The molecule has 5 nitrogen and oxygen atoms in total. The van der Waals surface area contributed by atoms with Crippen molar-refractivity contribution in [1.29, 1.82) is 0 Å². The summed E-state index contributed by atoms with van der Waals surface area (Å²) >= 11 is 0. The fraction of sp³-hybridized carbons (Fsp3) is 0.214. The summed E-state index contributed by atoms with van der Waals surface area (Å²) in [6.45, 7) is 3.03. The van der Waals surface area contributed by atoms with Crippen molar-refractivity contribution in [3.8, 4) is 11.4 Å².